The summed E-state index contributed by atoms with van der Waals surface area (Å²) in [6.07, 6.45) is 0. The minimum Gasteiger partial charge on any atom is -0.378 e. The Balaban J connectivity index is 1.69. The van der Waals surface area contributed by atoms with Crippen LogP contribution in [0.3, 0.4) is 0 Å². The molecule has 142 valence electrons. The van der Waals surface area contributed by atoms with Crippen LogP contribution in [0.15, 0.2) is 78.9 Å². The Morgan fingerprint density at radius 1 is 0.793 bits per heavy atom. The van der Waals surface area contributed by atoms with Crippen LogP contribution in [0.4, 0.5) is 16.5 Å². The summed E-state index contributed by atoms with van der Waals surface area (Å²) in [6, 6.07) is 26.9. The van der Waals surface area contributed by atoms with Gasteiger partial charge in [-0.2, -0.15) is 0 Å². The van der Waals surface area contributed by atoms with Crippen LogP contribution in [0.25, 0.3) is 32.4 Å². The van der Waals surface area contributed by atoms with Crippen molar-refractivity contribution in [3.05, 3.63) is 78.9 Å². The van der Waals surface area contributed by atoms with Crippen LogP contribution in [0.5, 0.6) is 0 Å². The Kier molecular flexibility index (Phi) is 4.37. The molecule has 3 aromatic carbocycles. The topological polar surface area (TPSA) is 41.1 Å². The normalized spacial score (nSPS) is 11.1. The van der Waals surface area contributed by atoms with Crippen molar-refractivity contribution >= 4 is 49.0 Å². The van der Waals surface area contributed by atoms with Gasteiger partial charge in [0.1, 0.15) is 0 Å². The molecule has 0 spiro atoms. The van der Waals surface area contributed by atoms with Gasteiger partial charge in [-0.05, 0) is 30.3 Å². The van der Waals surface area contributed by atoms with Crippen molar-refractivity contribution in [2.75, 3.05) is 24.3 Å². The summed E-state index contributed by atoms with van der Waals surface area (Å²) in [5.74, 6) is 0. The Morgan fingerprint density at radius 3 is 2.28 bits per heavy atom. The summed E-state index contributed by atoms with van der Waals surface area (Å²) in [7, 11) is 4.10. The van der Waals surface area contributed by atoms with E-state index in [1.165, 1.54) is 5.69 Å². The van der Waals surface area contributed by atoms with Crippen molar-refractivity contribution in [1.29, 1.82) is 0 Å². The smallest absolute Gasteiger partial charge is 0.188 e. The van der Waals surface area contributed by atoms with Crippen LogP contribution in [0, 0.1) is 0 Å². The Bertz CT molecular complexity index is 1290. The van der Waals surface area contributed by atoms with E-state index in [1.807, 2.05) is 56.6 Å². The second-order valence-electron chi connectivity index (χ2n) is 7.11. The van der Waals surface area contributed by atoms with Gasteiger partial charge < -0.3 is 10.2 Å². The fourth-order valence-corrected chi connectivity index (χ4v) is 4.43. The highest BCUT2D eigenvalue weighted by atomic mass is 32.1. The molecule has 0 aliphatic carbocycles. The predicted octanol–water partition coefficient (Wildman–Crippen LogP) is 6.32. The number of benzene rings is 3. The average Bonchev–Trinajstić information content (AvgIpc) is 3.18. The third-order valence-corrected chi connectivity index (χ3v) is 5.89. The maximum absolute atomic E-state index is 5.00. The SMILES string of the molecule is CN(C)c1ccc(-c2nc3ccccc3c3nc(Nc4ccccc4)sc23)cc1. The average molecular weight is 397 g/mol. The molecular weight excluding hydrogens is 376 g/mol. The van der Waals surface area contributed by atoms with Crippen LogP contribution >= 0.6 is 11.3 Å². The summed E-state index contributed by atoms with van der Waals surface area (Å²) in [6.45, 7) is 0. The Morgan fingerprint density at radius 2 is 1.52 bits per heavy atom. The van der Waals surface area contributed by atoms with Gasteiger partial charge in [-0.15, -0.1) is 0 Å². The number of pyridine rings is 1. The zero-order valence-corrected chi connectivity index (χ0v) is 17.1. The predicted molar refractivity (Wildman–Crippen MR) is 124 cm³/mol. The number of nitrogens with zero attached hydrogens (tertiary/aromatic N) is 3. The molecular formula is C24H20N4S. The fraction of sp³-hybridized carbons (Fsp3) is 0.0833. The molecule has 5 rings (SSSR count). The van der Waals surface area contributed by atoms with Crippen LogP contribution in [-0.2, 0) is 0 Å². The molecule has 4 nitrogen and oxygen atoms in total. The van der Waals surface area contributed by atoms with Gasteiger partial charge in [0.15, 0.2) is 5.13 Å². The van der Waals surface area contributed by atoms with Crippen molar-refractivity contribution in [3.63, 3.8) is 0 Å². The number of nitrogens with one attached hydrogen (secondary N) is 1. The van der Waals surface area contributed by atoms with Gasteiger partial charge in [-0.3, -0.25) is 0 Å². The van der Waals surface area contributed by atoms with Crippen LogP contribution in [-0.4, -0.2) is 24.1 Å². The van der Waals surface area contributed by atoms with E-state index in [1.54, 1.807) is 11.3 Å². The molecule has 0 aliphatic rings. The monoisotopic (exact) mass is 396 g/mol. The highest BCUT2D eigenvalue weighted by Crippen LogP contribution is 2.38. The number of aromatic nitrogens is 2. The summed E-state index contributed by atoms with van der Waals surface area (Å²) in [5, 5.41) is 5.38. The molecule has 2 aromatic heterocycles. The van der Waals surface area contributed by atoms with Gasteiger partial charge in [0, 0.05) is 36.4 Å². The molecule has 2 heterocycles. The van der Waals surface area contributed by atoms with E-state index in [2.05, 4.69) is 46.6 Å². The molecule has 0 saturated heterocycles. The summed E-state index contributed by atoms with van der Waals surface area (Å²) in [4.78, 5) is 12.0. The van der Waals surface area contributed by atoms with E-state index in [0.717, 1.165) is 43.2 Å². The van der Waals surface area contributed by atoms with Gasteiger partial charge in [0.25, 0.3) is 0 Å². The quantitative estimate of drug-likeness (QED) is 0.386. The van der Waals surface area contributed by atoms with Crippen LogP contribution in [0.2, 0.25) is 0 Å². The van der Waals surface area contributed by atoms with Crippen LogP contribution in [0.1, 0.15) is 0 Å². The van der Waals surface area contributed by atoms with Gasteiger partial charge >= 0.3 is 0 Å². The second kappa shape index (κ2) is 7.18. The van der Waals surface area contributed by atoms with E-state index in [9.17, 15) is 0 Å². The second-order valence-corrected chi connectivity index (χ2v) is 8.11. The number of thiazole rings is 1. The molecule has 0 amide bonds. The van der Waals surface area contributed by atoms with Gasteiger partial charge in [-0.1, -0.05) is 59.9 Å². The van der Waals surface area contributed by atoms with Gasteiger partial charge in [-0.25, -0.2) is 9.97 Å². The standard InChI is InChI=1S/C24H20N4S/c1-28(2)18-14-12-16(13-15-18)21-23-22(19-10-6-7-11-20(19)26-21)27-24(29-23)25-17-8-4-3-5-9-17/h3-15H,1-2H3,(H,25,27). The fourth-order valence-electron chi connectivity index (χ4n) is 3.42. The maximum atomic E-state index is 5.00. The molecule has 5 aromatic rings. The van der Waals surface area contributed by atoms with Crippen LogP contribution < -0.4 is 10.2 Å². The van der Waals surface area contributed by atoms with Crippen molar-refractivity contribution in [2.24, 2.45) is 0 Å². The first kappa shape index (κ1) is 17.6. The molecule has 0 atom stereocenters. The number of hydrogen-bond donors (Lipinski definition) is 1. The van der Waals surface area contributed by atoms with E-state index in [4.69, 9.17) is 9.97 Å². The van der Waals surface area contributed by atoms with Gasteiger partial charge in [0.05, 0.1) is 21.4 Å². The lowest BCUT2D eigenvalue weighted by atomic mass is 10.1. The third kappa shape index (κ3) is 3.30. The Hall–Kier alpha value is -3.44. The number of rotatable bonds is 4. The minimum absolute atomic E-state index is 0.871. The molecule has 1 N–H and O–H groups in total. The molecule has 0 bridgehead atoms. The molecule has 0 radical (unpaired) electrons. The lowest BCUT2D eigenvalue weighted by Gasteiger charge is -2.13. The highest BCUT2D eigenvalue weighted by Gasteiger charge is 2.15. The van der Waals surface area contributed by atoms with Crippen molar-refractivity contribution < 1.29 is 0 Å². The van der Waals surface area contributed by atoms with Crippen molar-refractivity contribution in [1.82, 2.24) is 9.97 Å². The first-order chi connectivity index (χ1) is 14.2. The zero-order valence-electron chi connectivity index (χ0n) is 16.3. The number of anilines is 3. The van der Waals surface area contributed by atoms with E-state index < -0.39 is 0 Å². The lowest BCUT2D eigenvalue weighted by molar-refractivity contribution is 1.13. The van der Waals surface area contributed by atoms with E-state index in [-0.39, 0.29) is 0 Å². The van der Waals surface area contributed by atoms with Crippen molar-refractivity contribution in [2.45, 2.75) is 0 Å². The minimum atomic E-state index is 0.871. The summed E-state index contributed by atoms with van der Waals surface area (Å²) in [5.41, 5.74) is 6.22. The first-order valence-electron chi connectivity index (χ1n) is 9.48. The largest absolute Gasteiger partial charge is 0.378 e. The molecule has 29 heavy (non-hydrogen) atoms. The van der Waals surface area contributed by atoms with Gasteiger partial charge in [0.2, 0.25) is 0 Å². The Labute approximate surface area is 173 Å². The first-order valence-corrected chi connectivity index (χ1v) is 10.3. The highest BCUT2D eigenvalue weighted by molar-refractivity contribution is 7.22. The lowest BCUT2D eigenvalue weighted by Crippen LogP contribution is -2.07. The molecule has 0 unspecified atom stereocenters. The van der Waals surface area contributed by atoms with Crippen molar-refractivity contribution in [3.8, 4) is 11.3 Å². The molecule has 5 heteroatoms. The number of hydrogen-bond acceptors (Lipinski definition) is 5. The summed E-state index contributed by atoms with van der Waals surface area (Å²) < 4.78 is 1.10. The third-order valence-electron chi connectivity index (χ3n) is 4.92. The summed E-state index contributed by atoms with van der Waals surface area (Å²) >= 11 is 1.64. The molecule has 0 saturated carbocycles. The van der Waals surface area contributed by atoms with E-state index >= 15 is 0 Å². The molecule has 0 aliphatic heterocycles. The number of para-hydroxylation sites is 2. The zero-order chi connectivity index (χ0) is 19.8. The molecule has 0 fully saturated rings. The maximum Gasteiger partial charge on any atom is 0.188 e. The number of fused-ring (bicyclic) bond motifs is 3. The van der Waals surface area contributed by atoms with E-state index in [0.29, 0.717) is 0 Å².